The predicted molar refractivity (Wildman–Crippen MR) is 73.3 cm³/mol. The van der Waals surface area contributed by atoms with Crippen LogP contribution in [0.15, 0.2) is 12.5 Å². The Morgan fingerprint density at radius 1 is 0.818 bits per heavy atom. The Morgan fingerprint density at radius 2 is 1.33 bits per heavy atom. The molecule has 1 fully saturated rings. The highest BCUT2D eigenvalue weighted by atomic mass is 19.4. The molecule has 0 N–H and O–H groups in total. The second kappa shape index (κ2) is 8.79. The van der Waals surface area contributed by atoms with Crippen molar-refractivity contribution in [2.24, 2.45) is 0 Å². The van der Waals surface area contributed by atoms with Gasteiger partial charge in [0.1, 0.15) is 13.2 Å². The number of hydrogen-bond acceptors (Lipinski definition) is 5. The molecule has 1 heterocycles. The Bertz CT molecular complexity index is 702. The molecule has 0 aromatic heterocycles. The Balaban J connectivity index is 3.24. The van der Waals surface area contributed by atoms with Gasteiger partial charge in [-0.05, 0) is 6.58 Å². The van der Waals surface area contributed by atoms with E-state index < -0.39 is 75.1 Å². The van der Waals surface area contributed by atoms with Crippen LogP contribution in [0.4, 0.5) is 61.5 Å². The molecule has 1 saturated heterocycles. The summed E-state index contributed by atoms with van der Waals surface area (Å²) in [6, 6.07) is 0. The van der Waals surface area contributed by atoms with Gasteiger partial charge in [-0.1, -0.05) is 0 Å². The number of ether oxygens (including phenoxy) is 5. The fourth-order valence-corrected chi connectivity index (χ4v) is 1.83. The van der Waals surface area contributed by atoms with E-state index in [9.17, 15) is 61.5 Å². The van der Waals surface area contributed by atoms with E-state index in [-0.39, 0.29) is 5.95 Å². The molecule has 0 spiro atoms. The molecule has 1 rings (SSSR count). The minimum absolute atomic E-state index is 0.382. The molecule has 1 aliphatic heterocycles. The topological polar surface area (TPSA) is 46.2 Å². The van der Waals surface area contributed by atoms with Crippen LogP contribution in [0.2, 0.25) is 0 Å². The van der Waals surface area contributed by atoms with E-state index >= 15 is 0 Å². The molecule has 196 valence electrons. The maximum atomic E-state index is 14.2. The third kappa shape index (κ3) is 6.23. The van der Waals surface area contributed by atoms with Crippen LogP contribution in [-0.4, -0.2) is 68.1 Å². The Labute approximate surface area is 174 Å². The van der Waals surface area contributed by atoms with Gasteiger partial charge in [0.05, 0.1) is 6.61 Å². The Morgan fingerprint density at radius 3 is 1.70 bits per heavy atom. The van der Waals surface area contributed by atoms with Gasteiger partial charge in [-0.25, -0.2) is 0 Å². The zero-order valence-electron chi connectivity index (χ0n) is 15.7. The number of rotatable bonds is 10. The second-order valence-electron chi connectivity index (χ2n) is 6.38. The summed E-state index contributed by atoms with van der Waals surface area (Å²) >= 11 is 0. The highest BCUT2D eigenvalue weighted by molar-refractivity contribution is 4.93. The van der Waals surface area contributed by atoms with Gasteiger partial charge in [-0.15, -0.1) is 0 Å². The highest BCUT2D eigenvalue weighted by Crippen LogP contribution is 2.54. The van der Waals surface area contributed by atoms with Gasteiger partial charge in [-0.3, -0.25) is 9.47 Å². The molecule has 0 amide bonds. The van der Waals surface area contributed by atoms with Crippen LogP contribution >= 0.6 is 0 Å². The SMILES string of the molecule is C=C1OCC(COCC(F)(OC(F)(F)C(F)(OC(F)(F)C(C)(F)F)C(F)(F)F)C(F)(F)F)O1. The quantitative estimate of drug-likeness (QED) is 0.366. The first-order valence-corrected chi connectivity index (χ1v) is 8.00. The monoisotopic (exact) mass is 526 g/mol. The van der Waals surface area contributed by atoms with Crippen molar-refractivity contribution in [1.29, 1.82) is 0 Å². The molecule has 0 radical (unpaired) electrons. The van der Waals surface area contributed by atoms with Crippen molar-refractivity contribution in [3.63, 3.8) is 0 Å². The van der Waals surface area contributed by atoms with E-state index in [4.69, 9.17) is 0 Å². The number of halogens is 14. The first kappa shape index (κ1) is 29.3. The zero-order valence-corrected chi connectivity index (χ0v) is 15.7. The maximum absolute atomic E-state index is 14.2. The predicted octanol–water partition coefficient (Wildman–Crippen LogP) is 5.22. The lowest BCUT2D eigenvalue weighted by Gasteiger charge is -2.40. The smallest absolute Gasteiger partial charge is 0.458 e. The normalized spacial score (nSPS) is 22.4. The van der Waals surface area contributed by atoms with E-state index in [0.29, 0.717) is 0 Å². The molecule has 3 atom stereocenters. The van der Waals surface area contributed by atoms with Crippen LogP contribution in [0.3, 0.4) is 0 Å². The standard InChI is InChI=1S/C14H12F14O5/c1-6-30-4-7(31-6)3-29-5-9(17,11(19,20)21)32-14(27,28)10(18,12(22,23)24)33-13(25,26)8(2,15)16/h7H,1,3-5H2,2H3. The number of alkyl halides is 14. The number of hydrogen-bond donors (Lipinski definition) is 0. The lowest BCUT2D eigenvalue weighted by molar-refractivity contribution is -0.543. The molecule has 1 aliphatic rings. The lowest BCUT2D eigenvalue weighted by Crippen LogP contribution is -2.66. The summed E-state index contributed by atoms with van der Waals surface area (Å²) in [5.41, 5.74) is 0. The summed E-state index contributed by atoms with van der Waals surface area (Å²) in [7, 11) is 0. The zero-order chi connectivity index (χ0) is 26.3. The van der Waals surface area contributed by atoms with Gasteiger partial charge < -0.3 is 14.2 Å². The van der Waals surface area contributed by atoms with Crippen LogP contribution in [-0.2, 0) is 23.7 Å². The van der Waals surface area contributed by atoms with Crippen molar-refractivity contribution in [2.75, 3.05) is 19.8 Å². The van der Waals surface area contributed by atoms with Crippen LogP contribution in [0, 0.1) is 0 Å². The average Bonchev–Trinajstić information content (AvgIpc) is 2.96. The fourth-order valence-electron chi connectivity index (χ4n) is 1.83. The second-order valence-corrected chi connectivity index (χ2v) is 6.38. The van der Waals surface area contributed by atoms with Gasteiger partial charge >= 0.3 is 42.2 Å². The molecule has 5 nitrogen and oxygen atoms in total. The lowest BCUT2D eigenvalue weighted by atomic mass is 10.2. The summed E-state index contributed by atoms with van der Waals surface area (Å²) in [6.45, 7) is -2.06. The van der Waals surface area contributed by atoms with Gasteiger partial charge in [0.2, 0.25) is 0 Å². The summed E-state index contributed by atoms with van der Waals surface area (Å²) in [5, 5.41) is 0. The van der Waals surface area contributed by atoms with Gasteiger partial charge in [0.15, 0.2) is 6.10 Å². The maximum Gasteiger partial charge on any atom is 0.458 e. The first-order chi connectivity index (χ1) is 14.4. The molecule has 0 aromatic carbocycles. The molecule has 0 aliphatic carbocycles. The van der Waals surface area contributed by atoms with E-state index in [2.05, 4.69) is 25.5 Å². The summed E-state index contributed by atoms with van der Waals surface area (Å²) in [4.78, 5) is 0. The molecule has 0 aromatic rings. The minimum Gasteiger partial charge on any atom is -0.462 e. The largest absolute Gasteiger partial charge is 0.462 e. The third-order valence-corrected chi connectivity index (χ3v) is 3.55. The van der Waals surface area contributed by atoms with Gasteiger partial charge in [0.25, 0.3) is 5.95 Å². The molecular weight excluding hydrogens is 514 g/mol. The third-order valence-electron chi connectivity index (χ3n) is 3.55. The van der Waals surface area contributed by atoms with E-state index in [1.807, 2.05) is 4.74 Å². The summed E-state index contributed by atoms with van der Waals surface area (Å²) < 4.78 is 202. The van der Waals surface area contributed by atoms with Crippen LogP contribution in [0.5, 0.6) is 0 Å². The van der Waals surface area contributed by atoms with Crippen molar-refractivity contribution in [2.45, 2.75) is 55.2 Å². The molecule has 19 heteroatoms. The molecule has 0 bridgehead atoms. The summed E-state index contributed by atoms with van der Waals surface area (Å²) in [5.74, 6) is -19.5. The van der Waals surface area contributed by atoms with Crippen molar-refractivity contribution < 1.29 is 85.2 Å². The summed E-state index contributed by atoms with van der Waals surface area (Å²) in [6.07, 6.45) is -29.4. The molecule has 3 unspecified atom stereocenters. The van der Waals surface area contributed by atoms with Crippen molar-refractivity contribution >= 4 is 0 Å². The van der Waals surface area contributed by atoms with Crippen molar-refractivity contribution in [3.05, 3.63) is 12.5 Å². The van der Waals surface area contributed by atoms with Crippen LogP contribution in [0.1, 0.15) is 6.92 Å². The highest BCUT2D eigenvalue weighted by Gasteiger charge is 2.81. The van der Waals surface area contributed by atoms with Crippen LogP contribution < -0.4 is 0 Å². The average molecular weight is 526 g/mol. The van der Waals surface area contributed by atoms with Gasteiger partial charge in [0, 0.05) is 6.92 Å². The minimum atomic E-state index is -7.45. The fraction of sp³-hybridized carbons (Fsp3) is 0.857. The first-order valence-electron chi connectivity index (χ1n) is 8.00. The molecule has 33 heavy (non-hydrogen) atoms. The molecular formula is C14H12F14O5. The van der Waals surface area contributed by atoms with Crippen molar-refractivity contribution in [3.8, 4) is 0 Å². The Hall–Kier alpha value is -1.76. The van der Waals surface area contributed by atoms with E-state index in [0.717, 1.165) is 0 Å². The Kier molecular flexibility index (Phi) is 7.80. The van der Waals surface area contributed by atoms with E-state index in [1.165, 1.54) is 0 Å². The van der Waals surface area contributed by atoms with Crippen LogP contribution in [0.25, 0.3) is 0 Å². The van der Waals surface area contributed by atoms with Crippen molar-refractivity contribution in [1.82, 2.24) is 0 Å². The molecule has 0 saturated carbocycles. The van der Waals surface area contributed by atoms with E-state index in [1.54, 1.807) is 0 Å². The van der Waals surface area contributed by atoms with Gasteiger partial charge in [-0.2, -0.15) is 61.5 Å².